The second-order valence-electron chi connectivity index (χ2n) is 4.31. The van der Waals surface area contributed by atoms with Gasteiger partial charge < -0.3 is 10.6 Å². The van der Waals surface area contributed by atoms with Crippen LogP contribution in [0.2, 0.25) is 0 Å². The normalized spacial score (nSPS) is 20.4. The van der Waals surface area contributed by atoms with Gasteiger partial charge in [0.1, 0.15) is 0 Å². The van der Waals surface area contributed by atoms with Crippen LogP contribution in [-0.2, 0) is 6.42 Å². The van der Waals surface area contributed by atoms with Crippen molar-refractivity contribution in [1.82, 2.24) is 10.6 Å². The first-order valence-corrected chi connectivity index (χ1v) is 7.69. The average Bonchev–Trinajstić information content (AvgIpc) is 2.89. The standard InChI is InChI=1S/C12H19BrN2S/c13-10-8-12(16-9-10)4-7-14-6-3-11-2-1-5-15-11/h8-9,11,14-15H,1-7H2. The Hall–Kier alpha value is 0.1000. The summed E-state index contributed by atoms with van der Waals surface area (Å²) in [7, 11) is 0. The summed E-state index contributed by atoms with van der Waals surface area (Å²) in [5.41, 5.74) is 0. The molecule has 0 aromatic carbocycles. The smallest absolute Gasteiger partial charge is 0.0285 e. The number of thiophene rings is 1. The highest BCUT2D eigenvalue weighted by Gasteiger charge is 2.12. The Balaban J connectivity index is 1.51. The van der Waals surface area contributed by atoms with Gasteiger partial charge in [0.15, 0.2) is 0 Å². The van der Waals surface area contributed by atoms with Gasteiger partial charge in [-0.1, -0.05) is 0 Å². The Morgan fingerprint density at radius 2 is 2.44 bits per heavy atom. The van der Waals surface area contributed by atoms with E-state index < -0.39 is 0 Å². The Labute approximate surface area is 110 Å². The Morgan fingerprint density at radius 3 is 3.12 bits per heavy atom. The zero-order valence-corrected chi connectivity index (χ0v) is 11.9. The molecule has 1 aliphatic rings. The van der Waals surface area contributed by atoms with Crippen molar-refractivity contribution >= 4 is 27.3 Å². The van der Waals surface area contributed by atoms with Crippen LogP contribution in [0.25, 0.3) is 0 Å². The maximum Gasteiger partial charge on any atom is 0.0285 e. The van der Waals surface area contributed by atoms with Crippen LogP contribution in [0.15, 0.2) is 15.9 Å². The van der Waals surface area contributed by atoms with Crippen molar-refractivity contribution in [1.29, 1.82) is 0 Å². The molecule has 4 heteroatoms. The molecule has 90 valence electrons. The summed E-state index contributed by atoms with van der Waals surface area (Å²) < 4.78 is 1.21. The molecule has 2 N–H and O–H groups in total. The monoisotopic (exact) mass is 302 g/mol. The van der Waals surface area contributed by atoms with E-state index in [9.17, 15) is 0 Å². The van der Waals surface area contributed by atoms with Crippen LogP contribution in [-0.4, -0.2) is 25.7 Å². The topological polar surface area (TPSA) is 24.1 Å². The third-order valence-corrected chi connectivity index (χ3v) is 4.76. The summed E-state index contributed by atoms with van der Waals surface area (Å²) in [6.45, 7) is 3.46. The van der Waals surface area contributed by atoms with Crippen molar-refractivity contribution in [2.45, 2.75) is 31.7 Å². The largest absolute Gasteiger partial charge is 0.316 e. The minimum Gasteiger partial charge on any atom is -0.316 e. The van der Waals surface area contributed by atoms with Crippen molar-refractivity contribution in [2.24, 2.45) is 0 Å². The van der Waals surface area contributed by atoms with Crippen molar-refractivity contribution < 1.29 is 0 Å². The molecule has 1 atom stereocenters. The first kappa shape index (κ1) is 12.6. The van der Waals surface area contributed by atoms with Crippen molar-refractivity contribution in [3.8, 4) is 0 Å². The third kappa shape index (κ3) is 4.17. The minimum absolute atomic E-state index is 0.767. The van der Waals surface area contributed by atoms with Crippen LogP contribution in [0.5, 0.6) is 0 Å². The Kier molecular flexibility index (Phi) is 5.29. The van der Waals surface area contributed by atoms with Crippen molar-refractivity contribution in [3.05, 3.63) is 20.8 Å². The Bertz CT molecular complexity index is 308. The maximum atomic E-state index is 3.52. The van der Waals surface area contributed by atoms with E-state index in [2.05, 4.69) is 38.0 Å². The molecule has 0 saturated carbocycles. The SMILES string of the molecule is Brc1csc(CCNCCC2CCCN2)c1. The minimum atomic E-state index is 0.767. The molecule has 0 aliphatic carbocycles. The van der Waals surface area contributed by atoms with Crippen LogP contribution in [0.1, 0.15) is 24.1 Å². The molecule has 1 aliphatic heterocycles. The fraction of sp³-hybridized carbons (Fsp3) is 0.667. The van der Waals surface area contributed by atoms with Gasteiger partial charge in [0, 0.05) is 20.8 Å². The lowest BCUT2D eigenvalue weighted by Crippen LogP contribution is -2.27. The molecular formula is C12H19BrN2S. The van der Waals surface area contributed by atoms with E-state index in [0.29, 0.717) is 0 Å². The molecule has 2 rings (SSSR count). The molecule has 16 heavy (non-hydrogen) atoms. The number of hydrogen-bond acceptors (Lipinski definition) is 3. The summed E-state index contributed by atoms with van der Waals surface area (Å²) in [6.07, 6.45) is 5.13. The highest BCUT2D eigenvalue weighted by molar-refractivity contribution is 9.10. The molecule has 2 heterocycles. The van der Waals surface area contributed by atoms with Gasteiger partial charge >= 0.3 is 0 Å². The fourth-order valence-electron chi connectivity index (χ4n) is 2.10. The summed E-state index contributed by atoms with van der Waals surface area (Å²) in [5, 5.41) is 9.20. The van der Waals surface area contributed by atoms with E-state index in [1.807, 2.05) is 11.3 Å². The molecule has 0 spiro atoms. The van der Waals surface area contributed by atoms with Crippen LogP contribution >= 0.6 is 27.3 Å². The Morgan fingerprint density at radius 1 is 1.50 bits per heavy atom. The zero-order chi connectivity index (χ0) is 11.2. The second kappa shape index (κ2) is 6.74. The first-order valence-electron chi connectivity index (χ1n) is 6.01. The van der Waals surface area contributed by atoms with Crippen LogP contribution in [0, 0.1) is 0 Å². The third-order valence-electron chi connectivity index (χ3n) is 3.00. The van der Waals surface area contributed by atoms with Gasteiger partial charge in [0.25, 0.3) is 0 Å². The average molecular weight is 303 g/mol. The van der Waals surface area contributed by atoms with Crippen LogP contribution < -0.4 is 10.6 Å². The molecule has 1 saturated heterocycles. The molecule has 1 aromatic heterocycles. The lowest BCUT2D eigenvalue weighted by molar-refractivity contribution is 0.525. The predicted octanol–water partition coefficient (Wildman–Crippen LogP) is 2.78. The number of halogens is 1. The maximum absolute atomic E-state index is 3.52. The van der Waals surface area contributed by atoms with Gasteiger partial charge in [-0.05, 0) is 67.3 Å². The molecule has 0 amide bonds. The van der Waals surface area contributed by atoms with Crippen LogP contribution in [0.4, 0.5) is 0 Å². The van der Waals surface area contributed by atoms with Gasteiger partial charge in [-0.25, -0.2) is 0 Å². The van der Waals surface area contributed by atoms with E-state index in [4.69, 9.17) is 0 Å². The van der Waals surface area contributed by atoms with E-state index in [-0.39, 0.29) is 0 Å². The number of nitrogens with one attached hydrogen (secondary N) is 2. The molecule has 0 radical (unpaired) electrons. The molecule has 0 bridgehead atoms. The zero-order valence-electron chi connectivity index (χ0n) is 9.47. The summed E-state index contributed by atoms with van der Waals surface area (Å²) in [6, 6.07) is 2.98. The van der Waals surface area contributed by atoms with Gasteiger partial charge in [0.2, 0.25) is 0 Å². The summed E-state index contributed by atoms with van der Waals surface area (Å²) in [5.74, 6) is 0. The van der Waals surface area contributed by atoms with Gasteiger partial charge in [0.05, 0.1) is 0 Å². The molecular weight excluding hydrogens is 284 g/mol. The lowest BCUT2D eigenvalue weighted by Gasteiger charge is -2.10. The molecule has 1 fully saturated rings. The van der Waals surface area contributed by atoms with Gasteiger partial charge in [-0.3, -0.25) is 0 Å². The van der Waals surface area contributed by atoms with Crippen molar-refractivity contribution in [2.75, 3.05) is 19.6 Å². The van der Waals surface area contributed by atoms with E-state index in [1.165, 1.54) is 35.2 Å². The van der Waals surface area contributed by atoms with E-state index >= 15 is 0 Å². The van der Waals surface area contributed by atoms with E-state index in [0.717, 1.165) is 25.6 Å². The summed E-state index contributed by atoms with van der Waals surface area (Å²) in [4.78, 5) is 1.46. The highest BCUT2D eigenvalue weighted by Crippen LogP contribution is 2.19. The van der Waals surface area contributed by atoms with Crippen molar-refractivity contribution in [3.63, 3.8) is 0 Å². The molecule has 1 unspecified atom stereocenters. The van der Waals surface area contributed by atoms with Gasteiger partial charge in [-0.2, -0.15) is 0 Å². The van der Waals surface area contributed by atoms with Gasteiger partial charge in [-0.15, -0.1) is 11.3 Å². The quantitative estimate of drug-likeness (QED) is 0.790. The summed E-state index contributed by atoms with van der Waals surface area (Å²) >= 11 is 5.31. The molecule has 1 aromatic rings. The highest BCUT2D eigenvalue weighted by atomic mass is 79.9. The predicted molar refractivity (Wildman–Crippen MR) is 74.2 cm³/mol. The number of rotatable bonds is 6. The fourth-order valence-corrected chi connectivity index (χ4v) is 3.56. The lowest BCUT2D eigenvalue weighted by atomic mass is 10.1. The second-order valence-corrected chi connectivity index (χ2v) is 6.22. The van der Waals surface area contributed by atoms with Crippen LogP contribution in [0.3, 0.4) is 0 Å². The van der Waals surface area contributed by atoms with E-state index in [1.54, 1.807) is 0 Å². The molecule has 2 nitrogen and oxygen atoms in total. The first-order chi connectivity index (χ1) is 7.84. The number of hydrogen-bond donors (Lipinski definition) is 2.